The van der Waals surface area contributed by atoms with Crippen molar-refractivity contribution in [1.82, 2.24) is 4.72 Å². The van der Waals surface area contributed by atoms with Gasteiger partial charge in [-0.3, -0.25) is 10.1 Å². The maximum absolute atomic E-state index is 13.3. The zero-order valence-corrected chi connectivity index (χ0v) is 11.3. The highest BCUT2D eigenvalue weighted by Gasteiger charge is 2.20. The highest BCUT2D eigenvalue weighted by Crippen LogP contribution is 2.20. The van der Waals surface area contributed by atoms with Crippen LogP contribution in [0.2, 0.25) is 0 Å². The van der Waals surface area contributed by atoms with Crippen molar-refractivity contribution in [3.63, 3.8) is 0 Å². The molecule has 1 aromatic carbocycles. The standard InChI is InChI=1S/C10H11F3N2O5S/c11-8-5-7(1-2-9(8)15(16)17)21(18,19)14-3-4-20-6-10(12)13/h1-2,5,10,14H,3-4,6H2. The van der Waals surface area contributed by atoms with Gasteiger partial charge in [0.25, 0.3) is 6.43 Å². The lowest BCUT2D eigenvalue weighted by Gasteiger charge is -2.07. The Bertz CT molecular complexity index is 609. The van der Waals surface area contributed by atoms with Crippen LogP contribution in [0.15, 0.2) is 23.1 Å². The van der Waals surface area contributed by atoms with Crippen molar-refractivity contribution in [2.45, 2.75) is 11.3 Å². The molecule has 0 aliphatic rings. The first-order chi connectivity index (χ1) is 9.74. The smallest absolute Gasteiger partial charge is 0.304 e. The molecular formula is C10H11F3N2O5S. The topological polar surface area (TPSA) is 98.5 Å². The molecule has 7 nitrogen and oxygen atoms in total. The van der Waals surface area contributed by atoms with Crippen LogP contribution in [0.4, 0.5) is 18.9 Å². The molecule has 0 unspecified atom stereocenters. The van der Waals surface area contributed by atoms with Gasteiger partial charge < -0.3 is 4.74 Å². The van der Waals surface area contributed by atoms with Gasteiger partial charge in [0.05, 0.1) is 16.4 Å². The highest BCUT2D eigenvalue weighted by atomic mass is 32.2. The molecule has 11 heteroatoms. The molecule has 0 aliphatic heterocycles. The number of ether oxygens (including phenoxy) is 1. The van der Waals surface area contributed by atoms with Crippen molar-refractivity contribution >= 4 is 15.7 Å². The number of alkyl halides is 2. The fourth-order valence-corrected chi connectivity index (χ4v) is 2.33. The molecular weight excluding hydrogens is 317 g/mol. The molecule has 0 radical (unpaired) electrons. The lowest BCUT2D eigenvalue weighted by Crippen LogP contribution is -2.28. The van der Waals surface area contributed by atoms with Crippen molar-refractivity contribution in [2.75, 3.05) is 19.8 Å². The molecule has 0 atom stereocenters. The predicted molar refractivity (Wildman–Crippen MR) is 65.1 cm³/mol. The molecule has 0 aliphatic carbocycles. The van der Waals surface area contributed by atoms with E-state index in [0.29, 0.717) is 6.07 Å². The molecule has 1 rings (SSSR count). The summed E-state index contributed by atoms with van der Waals surface area (Å²) in [5.41, 5.74) is -0.853. The summed E-state index contributed by atoms with van der Waals surface area (Å²) >= 11 is 0. The van der Waals surface area contributed by atoms with Crippen LogP contribution < -0.4 is 4.72 Å². The van der Waals surface area contributed by atoms with Crippen LogP contribution in [0.1, 0.15) is 0 Å². The number of nitro groups is 1. The number of nitro benzene ring substituents is 1. The molecule has 0 heterocycles. The van der Waals surface area contributed by atoms with Gasteiger partial charge in [-0.25, -0.2) is 21.9 Å². The van der Waals surface area contributed by atoms with Crippen molar-refractivity contribution in [3.05, 3.63) is 34.1 Å². The summed E-state index contributed by atoms with van der Waals surface area (Å²) in [6, 6.07) is 2.08. The van der Waals surface area contributed by atoms with Gasteiger partial charge in [-0.1, -0.05) is 0 Å². The van der Waals surface area contributed by atoms with Gasteiger partial charge in [-0.15, -0.1) is 0 Å². The Morgan fingerprint density at radius 2 is 2.05 bits per heavy atom. The Morgan fingerprint density at radius 1 is 1.38 bits per heavy atom. The van der Waals surface area contributed by atoms with Crippen LogP contribution in [0.5, 0.6) is 0 Å². The van der Waals surface area contributed by atoms with E-state index < -0.39 is 44.4 Å². The molecule has 118 valence electrons. The average molecular weight is 328 g/mol. The van der Waals surface area contributed by atoms with E-state index in [9.17, 15) is 31.7 Å². The summed E-state index contributed by atoms with van der Waals surface area (Å²) in [7, 11) is -4.11. The number of hydrogen-bond donors (Lipinski definition) is 1. The van der Waals surface area contributed by atoms with E-state index in [1.807, 2.05) is 4.72 Å². The molecule has 0 fully saturated rings. The van der Waals surface area contributed by atoms with Crippen LogP contribution >= 0.6 is 0 Å². The van der Waals surface area contributed by atoms with E-state index in [2.05, 4.69) is 4.74 Å². The zero-order valence-electron chi connectivity index (χ0n) is 10.5. The lowest BCUT2D eigenvalue weighted by molar-refractivity contribution is -0.387. The van der Waals surface area contributed by atoms with Crippen LogP contribution in [0.25, 0.3) is 0 Å². The minimum Gasteiger partial charge on any atom is -0.374 e. The summed E-state index contributed by atoms with van der Waals surface area (Å²) < 4.78 is 66.7. The number of hydrogen-bond acceptors (Lipinski definition) is 5. The van der Waals surface area contributed by atoms with E-state index >= 15 is 0 Å². The van der Waals surface area contributed by atoms with Gasteiger partial charge in [0.15, 0.2) is 0 Å². The monoisotopic (exact) mass is 328 g/mol. The Hall–Kier alpha value is -1.72. The largest absolute Gasteiger partial charge is 0.374 e. The summed E-state index contributed by atoms with van der Waals surface area (Å²) in [4.78, 5) is 8.90. The van der Waals surface area contributed by atoms with Crippen molar-refractivity contribution < 1.29 is 31.2 Å². The van der Waals surface area contributed by atoms with E-state index in [1.165, 1.54) is 0 Å². The summed E-state index contributed by atoms with van der Waals surface area (Å²) in [6.07, 6.45) is -2.66. The predicted octanol–water partition coefficient (Wildman–Crippen LogP) is 1.29. The summed E-state index contributed by atoms with van der Waals surface area (Å²) in [5.74, 6) is -1.29. The molecule has 1 N–H and O–H groups in total. The summed E-state index contributed by atoms with van der Waals surface area (Å²) in [5, 5.41) is 10.4. The normalized spacial score (nSPS) is 11.8. The van der Waals surface area contributed by atoms with E-state index in [4.69, 9.17) is 0 Å². The first-order valence-electron chi connectivity index (χ1n) is 5.53. The number of sulfonamides is 1. The van der Waals surface area contributed by atoms with Gasteiger partial charge in [0, 0.05) is 18.7 Å². The van der Waals surface area contributed by atoms with Gasteiger partial charge in [-0.2, -0.15) is 4.39 Å². The number of halogens is 3. The van der Waals surface area contributed by atoms with Crippen LogP contribution in [-0.4, -0.2) is 39.5 Å². The van der Waals surface area contributed by atoms with Crippen molar-refractivity contribution in [3.8, 4) is 0 Å². The first-order valence-corrected chi connectivity index (χ1v) is 7.02. The van der Waals surface area contributed by atoms with Crippen molar-refractivity contribution in [2.24, 2.45) is 0 Å². The van der Waals surface area contributed by atoms with Gasteiger partial charge >= 0.3 is 5.69 Å². The first kappa shape index (κ1) is 17.3. The number of benzene rings is 1. The SMILES string of the molecule is O=[N+]([O-])c1ccc(S(=O)(=O)NCCOCC(F)F)cc1F. The highest BCUT2D eigenvalue weighted by molar-refractivity contribution is 7.89. The molecule has 1 aromatic rings. The third kappa shape index (κ3) is 5.28. The Balaban J connectivity index is 2.66. The Kier molecular flexibility index (Phi) is 6.05. The molecule has 21 heavy (non-hydrogen) atoms. The summed E-state index contributed by atoms with van der Waals surface area (Å²) in [6.45, 7) is -1.42. The second-order valence-corrected chi connectivity index (χ2v) is 5.50. The quantitative estimate of drug-likeness (QED) is 0.440. The van der Waals surface area contributed by atoms with Gasteiger partial charge in [0.2, 0.25) is 15.8 Å². The van der Waals surface area contributed by atoms with Gasteiger partial charge in [0.1, 0.15) is 6.61 Å². The number of rotatable bonds is 8. The minimum absolute atomic E-state index is 0.293. The Morgan fingerprint density at radius 3 is 2.57 bits per heavy atom. The zero-order chi connectivity index (χ0) is 16.0. The van der Waals surface area contributed by atoms with E-state index in [1.54, 1.807) is 0 Å². The molecule has 0 bridgehead atoms. The number of nitrogens with one attached hydrogen (secondary N) is 1. The Labute approximate surface area is 117 Å². The minimum atomic E-state index is -4.11. The van der Waals surface area contributed by atoms with Crippen LogP contribution in [0.3, 0.4) is 0 Å². The molecule has 0 saturated heterocycles. The molecule has 0 spiro atoms. The molecule has 0 amide bonds. The second-order valence-electron chi connectivity index (χ2n) is 3.73. The third-order valence-corrected chi connectivity index (χ3v) is 3.67. The number of nitrogens with zero attached hydrogens (tertiary/aromatic N) is 1. The fraction of sp³-hybridized carbons (Fsp3) is 0.400. The van der Waals surface area contributed by atoms with Crippen LogP contribution in [0, 0.1) is 15.9 Å². The second kappa shape index (κ2) is 7.33. The lowest BCUT2D eigenvalue weighted by atomic mass is 10.3. The third-order valence-electron chi connectivity index (χ3n) is 2.21. The molecule has 0 aromatic heterocycles. The fourth-order valence-electron chi connectivity index (χ4n) is 1.31. The molecule has 0 saturated carbocycles. The average Bonchev–Trinajstić information content (AvgIpc) is 2.37. The maximum atomic E-state index is 13.3. The van der Waals surface area contributed by atoms with Crippen molar-refractivity contribution in [1.29, 1.82) is 0 Å². The maximum Gasteiger partial charge on any atom is 0.304 e. The van der Waals surface area contributed by atoms with Gasteiger partial charge in [-0.05, 0) is 6.07 Å². The van der Waals surface area contributed by atoms with Crippen LogP contribution in [-0.2, 0) is 14.8 Å². The van der Waals surface area contributed by atoms with E-state index in [0.717, 1.165) is 12.1 Å². The van der Waals surface area contributed by atoms with E-state index in [-0.39, 0.29) is 13.2 Å².